The molecule has 21 heavy (non-hydrogen) atoms. The fraction of sp³-hybridized carbons (Fsp3) is 0.438. The number of hydrogen-bond donors (Lipinski definition) is 2. The number of fused-ring (bicyclic) bond motifs is 1. The first-order chi connectivity index (χ1) is 10.2. The van der Waals surface area contributed by atoms with Gasteiger partial charge in [0.15, 0.2) is 0 Å². The molecule has 0 bridgehead atoms. The van der Waals surface area contributed by atoms with Gasteiger partial charge in [-0.1, -0.05) is 15.9 Å². The number of hydrogen-bond acceptors (Lipinski definition) is 3. The zero-order valence-corrected chi connectivity index (χ0v) is 13.7. The summed E-state index contributed by atoms with van der Waals surface area (Å²) in [6.07, 6.45) is 5.12. The summed E-state index contributed by atoms with van der Waals surface area (Å²) in [6, 6.07) is 6.62. The Kier molecular flexibility index (Phi) is 4.60. The van der Waals surface area contributed by atoms with Gasteiger partial charge in [0.05, 0.1) is 12.8 Å². The second kappa shape index (κ2) is 6.62. The second-order valence-corrected chi connectivity index (χ2v) is 6.37. The van der Waals surface area contributed by atoms with E-state index in [2.05, 4.69) is 44.4 Å². The van der Waals surface area contributed by atoms with E-state index in [1.165, 1.54) is 16.8 Å². The van der Waals surface area contributed by atoms with Crippen molar-refractivity contribution in [2.45, 2.75) is 32.2 Å². The van der Waals surface area contributed by atoms with Crippen molar-refractivity contribution in [3.63, 3.8) is 0 Å². The van der Waals surface area contributed by atoms with Crippen molar-refractivity contribution in [3.05, 3.63) is 45.7 Å². The van der Waals surface area contributed by atoms with Crippen LogP contribution in [0.3, 0.4) is 0 Å². The molecule has 0 aliphatic carbocycles. The first kappa shape index (κ1) is 14.6. The van der Waals surface area contributed by atoms with Gasteiger partial charge < -0.3 is 10.1 Å². The summed E-state index contributed by atoms with van der Waals surface area (Å²) in [5, 5.41) is 10.7. The number of aromatic amines is 1. The number of ether oxygens (including phenoxy) is 1. The van der Waals surface area contributed by atoms with Gasteiger partial charge in [-0.3, -0.25) is 5.10 Å². The Morgan fingerprint density at radius 2 is 2.38 bits per heavy atom. The maximum absolute atomic E-state index is 5.72. The van der Waals surface area contributed by atoms with E-state index in [4.69, 9.17) is 4.74 Å². The first-order valence-electron chi connectivity index (χ1n) is 7.38. The second-order valence-electron chi connectivity index (χ2n) is 5.45. The zero-order valence-electron chi connectivity index (χ0n) is 12.2. The Morgan fingerprint density at radius 3 is 3.19 bits per heavy atom. The minimum absolute atomic E-state index is 0.386. The SMILES string of the molecule is Cc1[nH]ncc1CCCNC1CCOc2ccc(Br)cc21. The van der Waals surface area contributed by atoms with Gasteiger partial charge in [0.25, 0.3) is 0 Å². The number of benzene rings is 1. The topological polar surface area (TPSA) is 49.9 Å². The van der Waals surface area contributed by atoms with E-state index in [0.717, 1.165) is 42.6 Å². The van der Waals surface area contributed by atoms with E-state index in [-0.39, 0.29) is 0 Å². The quantitative estimate of drug-likeness (QED) is 0.812. The lowest BCUT2D eigenvalue weighted by Gasteiger charge is -2.27. The molecule has 0 saturated heterocycles. The third-order valence-corrected chi connectivity index (χ3v) is 4.45. The highest BCUT2D eigenvalue weighted by molar-refractivity contribution is 9.10. The van der Waals surface area contributed by atoms with E-state index >= 15 is 0 Å². The van der Waals surface area contributed by atoms with Crippen molar-refractivity contribution in [3.8, 4) is 5.75 Å². The number of rotatable bonds is 5. The summed E-state index contributed by atoms with van der Waals surface area (Å²) in [5.74, 6) is 1.01. The predicted octanol–water partition coefficient (Wildman–Crippen LogP) is 3.53. The average molecular weight is 350 g/mol. The Hall–Kier alpha value is -1.33. The molecule has 1 aliphatic rings. The van der Waals surface area contributed by atoms with Crippen molar-refractivity contribution in [1.29, 1.82) is 0 Å². The molecule has 1 atom stereocenters. The molecule has 2 aromatic rings. The lowest BCUT2D eigenvalue weighted by molar-refractivity contribution is 0.252. The maximum Gasteiger partial charge on any atom is 0.124 e. The number of nitrogens with one attached hydrogen (secondary N) is 2. The summed E-state index contributed by atoms with van der Waals surface area (Å²) >= 11 is 3.54. The van der Waals surface area contributed by atoms with E-state index in [1.54, 1.807) is 0 Å². The van der Waals surface area contributed by atoms with Gasteiger partial charge in [-0.2, -0.15) is 5.10 Å². The van der Waals surface area contributed by atoms with Gasteiger partial charge in [0.1, 0.15) is 5.75 Å². The van der Waals surface area contributed by atoms with Crippen molar-refractivity contribution < 1.29 is 4.74 Å². The molecule has 1 aromatic carbocycles. The smallest absolute Gasteiger partial charge is 0.124 e. The standard InChI is InChI=1S/C16H20BrN3O/c1-11-12(10-19-20-11)3-2-7-18-15-6-8-21-16-5-4-13(17)9-14(15)16/h4-5,9-10,15,18H,2-3,6-8H2,1H3,(H,19,20). The fourth-order valence-electron chi connectivity index (χ4n) is 2.76. The summed E-state index contributed by atoms with van der Waals surface area (Å²) in [4.78, 5) is 0. The fourth-order valence-corrected chi connectivity index (χ4v) is 3.14. The molecular formula is C16H20BrN3O. The molecule has 3 rings (SSSR count). The highest BCUT2D eigenvalue weighted by atomic mass is 79.9. The van der Waals surface area contributed by atoms with Crippen molar-refractivity contribution in [2.75, 3.05) is 13.2 Å². The molecule has 5 heteroatoms. The lowest BCUT2D eigenvalue weighted by Crippen LogP contribution is -2.28. The maximum atomic E-state index is 5.72. The van der Waals surface area contributed by atoms with Crippen molar-refractivity contribution in [1.82, 2.24) is 15.5 Å². The summed E-state index contributed by atoms with van der Waals surface area (Å²) in [5.41, 5.74) is 3.75. The molecule has 2 heterocycles. The molecule has 0 spiro atoms. The summed E-state index contributed by atoms with van der Waals surface area (Å²) < 4.78 is 6.82. The third kappa shape index (κ3) is 3.47. The van der Waals surface area contributed by atoms with Crippen LogP contribution in [0.15, 0.2) is 28.9 Å². The third-order valence-electron chi connectivity index (χ3n) is 3.96. The molecule has 0 radical (unpaired) electrons. The van der Waals surface area contributed by atoms with Gasteiger partial charge in [-0.25, -0.2) is 0 Å². The van der Waals surface area contributed by atoms with Gasteiger partial charge in [0, 0.05) is 28.2 Å². The van der Waals surface area contributed by atoms with Crippen molar-refractivity contribution >= 4 is 15.9 Å². The van der Waals surface area contributed by atoms with Crippen LogP contribution in [-0.4, -0.2) is 23.3 Å². The summed E-state index contributed by atoms with van der Waals surface area (Å²) in [6.45, 7) is 3.86. The molecule has 0 saturated carbocycles. The Bertz CT molecular complexity index is 611. The van der Waals surface area contributed by atoms with Crippen LogP contribution < -0.4 is 10.1 Å². The lowest BCUT2D eigenvalue weighted by atomic mass is 10.0. The molecule has 1 aromatic heterocycles. The largest absolute Gasteiger partial charge is 0.493 e. The minimum atomic E-state index is 0.386. The van der Waals surface area contributed by atoms with Crippen LogP contribution in [0, 0.1) is 6.92 Å². The zero-order chi connectivity index (χ0) is 14.7. The Balaban J connectivity index is 1.55. The number of aryl methyl sites for hydroxylation is 2. The first-order valence-corrected chi connectivity index (χ1v) is 8.18. The van der Waals surface area contributed by atoms with Gasteiger partial charge in [-0.05, 0) is 50.1 Å². The van der Waals surface area contributed by atoms with E-state index < -0.39 is 0 Å². The van der Waals surface area contributed by atoms with Gasteiger partial charge >= 0.3 is 0 Å². The summed E-state index contributed by atoms with van der Waals surface area (Å²) in [7, 11) is 0. The van der Waals surface area contributed by atoms with E-state index in [0.29, 0.717) is 6.04 Å². The molecule has 4 nitrogen and oxygen atoms in total. The van der Waals surface area contributed by atoms with Crippen LogP contribution >= 0.6 is 15.9 Å². The van der Waals surface area contributed by atoms with E-state index in [1.807, 2.05) is 18.3 Å². The number of halogens is 1. The van der Waals surface area contributed by atoms with Crippen LogP contribution in [0.4, 0.5) is 0 Å². The number of H-pyrrole nitrogens is 1. The monoisotopic (exact) mass is 349 g/mol. The average Bonchev–Trinajstić information content (AvgIpc) is 2.89. The molecule has 112 valence electrons. The van der Waals surface area contributed by atoms with Gasteiger partial charge in [-0.15, -0.1) is 0 Å². The van der Waals surface area contributed by atoms with Gasteiger partial charge in [0.2, 0.25) is 0 Å². The normalized spacial score (nSPS) is 17.3. The van der Waals surface area contributed by atoms with Crippen molar-refractivity contribution in [2.24, 2.45) is 0 Å². The van der Waals surface area contributed by atoms with Crippen LogP contribution in [-0.2, 0) is 6.42 Å². The van der Waals surface area contributed by atoms with Crippen LogP contribution in [0.2, 0.25) is 0 Å². The van der Waals surface area contributed by atoms with Crippen LogP contribution in [0.5, 0.6) is 5.75 Å². The predicted molar refractivity (Wildman–Crippen MR) is 86.6 cm³/mol. The van der Waals surface area contributed by atoms with E-state index in [9.17, 15) is 0 Å². The highest BCUT2D eigenvalue weighted by Gasteiger charge is 2.20. The Labute approximate surface area is 133 Å². The molecule has 1 unspecified atom stereocenters. The van der Waals surface area contributed by atoms with Crippen LogP contribution in [0.25, 0.3) is 0 Å². The Morgan fingerprint density at radius 1 is 1.48 bits per heavy atom. The molecule has 1 aliphatic heterocycles. The highest BCUT2D eigenvalue weighted by Crippen LogP contribution is 2.34. The molecule has 0 amide bonds. The molecular weight excluding hydrogens is 330 g/mol. The molecule has 2 N–H and O–H groups in total. The minimum Gasteiger partial charge on any atom is -0.493 e. The molecule has 0 fully saturated rings. The number of aromatic nitrogens is 2. The van der Waals surface area contributed by atoms with Crippen LogP contribution in [0.1, 0.15) is 35.7 Å². The number of nitrogens with zero attached hydrogens (tertiary/aromatic N) is 1.